The number of carbonyl (C=O) groups excluding carboxylic acids is 3. The molecule has 36 heavy (non-hydrogen) atoms. The summed E-state index contributed by atoms with van der Waals surface area (Å²) in [7, 11) is 0. The van der Waals surface area contributed by atoms with Crippen LogP contribution in [0.1, 0.15) is 37.6 Å². The summed E-state index contributed by atoms with van der Waals surface area (Å²) in [5, 5.41) is 6.62. The average Bonchev–Trinajstić information content (AvgIpc) is 3.44. The quantitative estimate of drug-likeness (QED) is 0.331. The van der Waals surface area contributed by atoms with Gasteiger partial charge in [-0.1, -0.05) is 25.9 Å². The van der Waals surface area contributed by atoms with Crippen LogP contribution in [0.5, 0.6) is 0 Å². The van der Waals surface area contributed by atoms with Crippen LogP contribution < -0.4 is 10.2 Å². The van der Waals surface area contributed by atoms with E-state index in [-0.39, 0.29) is 36.7 Å². The second-order valence-electron chi connectivity index (χ2n) is 10.1. The molecule has 4 rings (SSSR count). The van der Waals surface area contributed by atoms with Crippen molar-refractivity contribution < 1.29 is 19.1 Å². The lowest BCUT2D eigenvalue weighted by atomic mass is 10.0. The molecule has 11 heteroatoms. The number of carbonyl (C=O) groups is 3. The van der Waals surface area contributed by atoms with Gasteiger partial charge >= 0.3 is 0 Å². The third-order valence-electron chi connectivity index (χ3n) is 7.27. The maximum Gasteiger partial charge on any atom is 0.251 e. The Morgan fingerprint density at radius 2 is 1.89 bits per heavy atom. The highest BCUT2D eigenvalue weighted by molar-refractivity contribution is 5.99. The van der Waals surface area contributed by atoms with Crippen LogP contribution in [0.2, 0.25) is 0 Å². The van der Waals surface area contributed by atoms with Crippen LogP contribution in [0.3, 0.4) is 0 Å². The maximum atomic E-state index is 13.6. The Morgan fingerprint density at radius 3 is 2.50 bits per heavy atom. The standard InChI is InChI=1S/C25H35N7O4/c1-4-30-9-11-31(12-10-30)18-7-5-17(6-8-18)24(34)27-19(13-16(2)3)25(35)32-14-20(28-29-26)23-22(32)21(33)15-36-23/h5-8,16,19-20,22-23H,4,9-15H2,1-3H3,(H,27,34)/t19-,20+,22+,23+/m0/s1. The lowest BCUT2D eigenvalue weighted by Gasteiger charge is -2.35. The predicted octanol–water partition coefficient (Wildman–Crippen LogP) is 1.83. The molecular formula is C25H35N7O4. The van der Waals surface area contributed by atoms with Crippen molar-refractivity contribution in [2.24, 2.45) is 11.0 Å². The van der Waals surface area contributed by atoms with Gasteiger partial charge in [0.2, 0.25) is 5.91 Å². The lowest BCUT2D eigenvalue weighted by Crippen LogP contribution is -2.52. The van der Waals surface area contributed by atoms with Crippen LogP contribution in [-0.4, -0.2) is 97.5 Å². The normalized spacial score (nSPS) is 25.0. The van der Waals surface area contributed by atoms with E-state index in [1.54, 1.807) is 12.1 Å². The summed E-state index contributed by atoms with van der Waals surface area (Å²) in [5.74, 6) is -0.779. The van der Waals surface area contributed by atoms with Gasteiger partial charge in [-0.05, 0) is 48.7 Å². The van der Waals surface area contributed by atoms with E-state index in [2.05, 4.69) is 32.1 Å². The third kappa shape index (κ3) is 5.48. The molecule has 1 aromatic rings. The Hall–Kier alpha value is -3.14. The van der Waals surface area contributed by atoms with Gasteiger partial charge in [-0.25, -0.2) is 0 Å². The van der Waals surface area contributed by atoms with E-state index in [1.807, 2.05) is 26.0 Å². The van der Waals surface area contributed by atoms with Crippen molar-refractivity contribution in [1.29, 1.82) is 0 Å². The molecule has 4 atom stereocenters. The smallest absolute Gasteiger partial charge is 0.251 e. The highest BCUT2D eigenvalue weighted by Gasteiger charge is 2.53. The molecule has 1 aromatic carbocycles. The minimum absolute atomic E-state index is 0.0917. The van der Waals surface area contributed by atoms with Gasteiger partial charge in [0.15, 0.2) is 5.78 Å². The van der Waals surface area contributed by atoms with Crippen LogP contribution in [0.4, 0.5) is 5.69 Å². The highest BCUT2D eigenvalue weighted by atomic mass is 16.5. The first-order valence-corrected chi connectivity index (χ1v) is 12.7. The van der Waals surface area contributed by atoms with E-state index in [0.717, 1.165) is 38.4 Å². The molecule has 11 nitrogen and oxygen atoms in total. The second kappa shape index (κ2) is 11.3. The minimum Gasteiger partial charge on any atom is -0.369 e. The number of fused-ring (bicyclic) bond motifs is 1. The number of anilines is 1. The van der Waals surface area contributed by atoms with E-state index in [0.29, 0.717) is 12.0 Å². The molecule has 0 aromatic heterocycles. The molecule has 0 radical (unpaired) electrons. The van der Waals surface area contributed by atoms with Gasteiger partial charge in [-0.3, -0.25) is 14.4 Å². The van der Waals surface area contributed by atoms with Crippen molar-refractivity contribution >= 4 is 23.3 Å². The van der Waals surface area contributed by atoms with E-state index < -0.39 is 24.2 Å². The van der Waals surface area contributed by atoms with Crippen LogP contribution >= 0.6 is 0 Å². The zero-order chi connectivity index (χ0) is 25.8. The van der Waals surface area contributed by atoms with E-state index in [9.17, 15) is 14.4 Å². The Labute approximate surface area is 211 Å². The fourth-order valence-corrected chi connectivity index (χ4v) is 5.31. The first kappa shape index (κ1) is 25.9. The molecule has 3 heterocycles. The van der Waals surface area contributed by atoms with Crippen LogP contribution in [0.25, 0.3) is 10.4 Å². The summed E-state index contributed by atoms with van der Waals surface area (Å²) in [6.07, 6.45) is -0.223. The average molecular weight is 498 g/mol. The SMILES string of the molecule is CCN1CCN(c2ccc(C(=O)N[C@@H](CC(C)C)C(=O)N3C[C@@H](N=[N+]=[N-])[C@H]4OCC(=O)[C@H]43)cc2)CC1. The van der Waals surface area contributed by atoms with Crippen molar-refractivity contribution in [2.45, 2.75) is 51.4 Å². The van der Waals surface area contributed by atoms with Crippen molar-refractivity contribution in [3.63, 3.8) is 0 Å². The monoisotopic (exact) mass is 497 g/mol. The number of hydrogen-bond donors (Lipinski definition) is 1. The molecule has 1 N–H and O–H groups in total. The Kier molecular flexibility index (Phi) is 8.13. The summed E-state index contributed by atoms with van der Waals surface area (Å²) in [6, 6.07) is 5.24. The Morgan fingerprint density at radius 1 is 1.19 bits per heavy atom. The number of rotatable bonds is 8. The Balaban J connectivity index is 1.45. The first-order valence-electron chi connectivity index (χ1n) is 12.7. The van der Waals surface area contributed by atoms with Gasteiger partial charge in [0.1, 0.15) is 18.7 Å². The number of likely N-dealkylation sites (N-methyl/N-ethyl adjacent to an activating group) is 1. The van der Waals surface area contributed by atoms with Crippen LogP contribution in [0, 0.1) is 5.92 Å². The van der Waals surface area contributed by atoms with Gasteiger partial charge in [-0.2, -0.15) is 0 Å². The summed E-state index contributed by atoms with van der Waals surface area (Å²) >= 11 is 0. The van der Waals surface area contributed by atoms with E-state index in [1.165, 1.54) is 4.90 Å². The predicted molar refractivity (Wildman–Crippen MR) is 135 cm³/mol. The molecule has 3 saturated heterocycles. The molecule has 3 aliphatic heterocycles. The van der Waals surface area contributed by atoms with Crippen LogP contribution in [-0.2, 0) is 14.3 Å². The van der Waals surface area contributed by atoms with E-state index in [4.69, 9.17) is 10.3 Å². The van der Waals surface area contributed by atoms with Gasteiger partial charge in [0.25, 0.3) is 5.91 Å². The highest BCUT2D eigenvalue weighted by Crippen LogP contribution is 2.30. The zero-order valence-electron chi connectivity index (χ0n) is 21.2. The molecule has 0 spiro atoms. The van der Waals surface area contributed by atoms with Crippen molar-refractivity contribution in [1.82, 2.24) is 15.1 Å². The zero-order valence-corrected chi connectivity index (χ0v) is 21.2. The number of amides is 2. The number of nitrogens with one attached hydrogen (secondary N) is 1. The topological polar surface area (TPSA) is 131 Å². The molecule has 3 aliphatic rings. The number of nitrogens with zero attached hydrogens (tertiary/aromatic N) is 6. The minimum atomic E-state index is -0.807. The molecule has 194 valence electrons. The first-order chi connectivity index (χ1) is 17.3. The number of ether oxygens (including phenoxy) is 1. The second-order valence-corrected chi connectivity index (χ2v) is 10.1. The number of piperazine rings is 1. The molecule has 0 unspecified atom stereocenters. The molecular weight excluding hydrogens is 462 g/mol. The number of hydrogen-bond acceptors (Lipinski definition) is 7. The van der Waals surface area contributed by atoms with Crippen molar-refractivity contribution in [3.05, 3.63) is 40.3 Å². The van der Waals surface area contributed by atoms with Gasteiger partial charge in [-0.15, -0.1) is 0 Å². The molecule has 0 aliphatic carbocycles. The molecule has 0 bridgehead atoms. The number of likely N-dealkylation sites (tertiary alicyclic amines) is 1. The summed E-state index contributed by atoms with van der Waals surface area (Å²) < 4.78 is 5.52. The third-order valence-corrected chi connectivity index (χ3v) is 7.27. The number of benzene rings is 1. The molecule has 3 fully saturated rings. The fourth-order valence-electron chi connectivity index (χ4n) is 5.31. The number of ketones is 1. The maximum absolute atomic E-state index is 13.6. The Bertz CT molecular complexity index is 1020. The van der Waals surface area contributed by atoms with Crippen molar-refractivity contribution in [3.8, 4) is 0 Å². The van der Waals surface area contributed by atoms with Gasteiger partial charge in [0.05, 0.1) is 12.1 Å². The van der Waals surface area contributed by atoms with Crippen molar-refractivity contribution in [2.75, 3.05) is 50.8 Å². The number of azide groups is 1. The summed E-state index contributed by atoms with van der Waals surface area (Å²) in [6.45, 7) is 11.1. The van der Waals surface area contributed by atoms with Gasteiger partial charge < -0.3 is 24.8 Å². The van der Waals surface area contributed by atoms with Gasteiger partial charge in [0, 0.05) is 48.9 Å². The molecule has 0 saturated carbocycles. The number of Topliss-reactive ketones (excluding diaryl/α,β-unsaturated/α-hetero) is 1. The lowest BCUT2D eigenvalue weighted by molar-refractivity contribution is -0.138. The van der Waals surface area contributed by atoms with Crippen LogP contribution in [0.15, 0.2) is 29.4 Å². The molecule has 2 amide bonds. The fraction of sp³-hybridized carbons (Fsp3) is 0.640. The summed E-state index contributed by atoms with van der Waals surface area (Å²) in [4.78, 5) is 48.1. The van der Waals surface area contributed by atoms with E-state index >= 15 is 0 Å². The largest absolute Gasteiger partial charge is 0.369 e. The summed E-state index contributed by atoms with van der Waals surface area (Å²) in [5.41, 5.74) is 10.4.